The van der Waals surface area contributed by atoms with E-state index < -0.39 is 0 Å². The van der Waals surface area contributed by atoms with Crippen LogP contribution in [0.5, 0.6) is 0 Å². The average molecular weight is 311 g/mol. The number of nitrogens with one attached hydrogen (secondary N) is 1. The van der Waals surface area contributed by atoms with Gasteiger partial charge in [-0.1, -0.05) is 11.6 Å². The van der Waals surface area contributed by atoms with Crippen molar-refractivity contribution in [2.24, 2.45) is 0 Å². The van der Waals surface area contributed by atoms with Crippen molar-refractivity contribution in [3.8, 4) is 0 Å². The van der Waals surface area contributed by atoms with Crippen LogP contribution in [-0.2, 0) is 4.79 Å². The SMILES string of the molecule is Cc1ccc2nc(C)cc(C(=O)N[C@H]3CCC(=O)N(C)C3)c2c1. The molecule has 0 spiro atoms. The minimum Gasteiger partial charge on any atom is -0.347 e. The summed E-state index contributed by atoms with van der Waals surface area (Å²) in [6.45, 7) is 4.46. The van der Waals surface area contributed by atoms with Gasteiger partial charge in [-0.2, -0.15) is 0 Å². The van der Waals surface area contributed by atoms with Crippen molar-refractivity contribution in [1.82, 2.24) is 15.2 Å². The van der Waals surface area contributed by atoms with Crippen LogP contribution in [0.2, 0.25) is 0 Å². The number of nitrogens with zero attached hydrogens (tertiary/aromatic N) is 2. The van der Waals surface area contributed by atoms with E-state index in [0.29, 0.717) is 24.9 Å². The first-order valence-electron chi connectivity index (χ1n) is 7.87. The number of pyridine rings is 1. The van der Waals surface area contributed by atoms with Gasteiger partial charge in [0.2, 0.25) is 5.91 Å². The molecule has 1 aliphatic rings. The van der Waals surface area contributed by atoms with Gasteiger partial charge in [0.25, 0.3) is 5.91 Å². The fraction of sp³-hybridized carbons (Fsp3) is 0.389. The molecule has 1 fully saturated rings. The van der Waals surface area contributed by atoms with Crippen molar-refractivity contribution in [3.05, 3.63) is 41.1 Å². The van der Waals surface area contributed by atoms with Crippen LogP contribution in [0.1, 0.15) is 34.5 Å². The maximum atomic E-state index is 12.7. The molecule has 0 bridgehead atoms. The van der Waals surface area contributed by atoms with Gasteiger partial charge in [-0.15, -0.1) is 0 Å². The van der Waals surface area contributed by atoms with Gasteiger partial charge in [0.15, 0.2) is 0 Å². The molecule has 2 aromatic rings. The van der Waals surface area contributed by atoms with Crippen LogP contribution in [0, 0.1) is 13.8 Å². The van der Waals surface area contributed by atoms with Crippen molar-refractivity contribution in [2.45, 2.75) is 32.7 Å². The van der Waals surface area contributed by atoms with E-state index >= 15 is 0 Å². The van der Waals surface area contributed by atoms with Crippen LogP contribution in [0.4, 0.5) is 0 Å². The third-order valence-electron chi connectivity index (χ3n) is 4.30. The lowest BCUT2D eigenvalue weighted by molar-refractivity contribution is -0.132. The molecule has 5 heteroatoms. The van der Waals surface area contributed by atoms with Crippen molar-refractivity contribution < 1.29 is 9.59 Å². The Morgan fingerprint density at radius 3 is 2.83 bits per heavy atom. The molecule has 1 saturated heterocycles. The second-order valence-electron chi connectivity index (χ2n) is 6.32. The minimum absolute atomic E-state index is 0.00136. The summed E-state index contributed by atoms with van der Waals surface area (Å²) in [5, 5.41) is 3.93. The quantitative estimate of drug-likeness (QED) is 0.925. The number of carbonyl (C=O) groups excluding carboxylic acids is 2. The molecule has 3 rings (SSSR count). The highest BCUT2D eigenvalue weighted by Crippen LogP contribution is 2.20. The highest BCUT2D eigenvalue weighted by Gasteiger charge is 2.25. The first-order valence-corrected chi connectivity index (χ1v) is 7.87. The molecule has 1 aliphatic heterocycles. The van der Waals surface area contributed by atoms with Gasteiger partial charge in [-0.25, -0.2) is 0 Å². The van der Waals surface area contributed by atoms with E-state index in [-0.39, 0.29) is 17.9 Å². The fourth-order valence-electron chi connectivity index (χ4n) is 3.05. The number of piperidine rings is 1. The van der Waals surface area contributed by atoms with Gasteiger partial charge in [0.05, 0.1) is 11.1 Å². The summed E-state index contributed by atoms with van der Waals surface area (Å²) in [6.07, 6.45) is 1.17. The van der Waals surface area contributed by atoms with Crippen molar-refractivity contribution in [3.63, 3.8) is 0 Å². The lowest BCUT2D eigenvalue weighted by Gasteiger charge is -2.30. The monoisotopic (exact) mass is 311 g/mol. The van der Waals surface area contributed by atoms with Crippen molar-refractivity contribution in [2.75, 3.05) is 13.6 Å². The molecule has 1 atom stereocenters. The number of benzene rings is 1. The van der Waals surface area contributed by atoms with Crippen LogP contribution in [0.25, 0.3) is 10.9 Å². The summed E-state index contributed by atoms with van der Waals surface area (Å²) in [5.74, 6) is 0.0372. The zero-order valence-corrected chi connectivity index (χ0v) is 13.7. The fourth-order valence-corrected chi connectivity index (χ4v) is 3.05. The number of hydrogen-bond acceptors (Lipinski definition) is 3. The smallest absolute Gasteiger partial charge is 0.252 e. The number of likely N-dealkylation sites (tertiary alicyclic amines) is 1. The molecule has 0 unspecified atom stereocenters. The Balaban J connectivity index is 1.89. The topological polar surface area (TPSA) is 62.3 Å². The zero-order valence-electron chi connectivity index (χ0n) is 13.7. The van der Waals surface area contributed by atoms with Gasteiger partial charge >= 0.3 is 0 Å². The van der Waals surface area contributed by atoms with Crippen LogP contribution in [0.3, 0.4) is 0 Å². The molecule has 1 N–H and O–H groups in total. The number of hydrogen-bond donors (Lipinski definition) is 1. The van der Waals surface area contributed by atoms with Crippen LogP contribution in [-0.4, -0.2) is 41.3 Å². The Morgan fingerprint density at radius 1 is 1.30 bits per heavy atom. The summed E-state index contributed by atoms with van der Waals surface area (Å²) in [5.41, 5.74) is 3.40. The Bertz CT molecular complexity index is 785. The predicted molar refractivity (Wildman–Crippen MR) is 89.3 cm³/mol. The Labute approximate surface area is 135 Å². The summed E-state index contributed by atoms with van der Waals surface area (Å²) < 4.78 is 0. The number of aromatic nitrogens is 1. The van der Waals surface area contributed by atoms with E-state index in [1.807, 2.05) is 38.1 Å². The van der Waals surface area contributed by atoms with Gasteiger partial charge in [0.1, 0.15) is 0 Å². The second-order valence-corrected chi connectivity index (χ2v) is 6.32. The number of amides is 2. The molecule has 2 heterocycles. The van der Waals surface area contributed by atoms with Gasteiger partial charge in [-0.3, -0.25) is 14.6 Å². The maximum Gasteiger partial charge on any atom is 0.252 e. The van der Waals surface area contributed by atoms with Gasteiger partial charge in [0, 0.05) is 37.1 Å². The molecule has 1 aromatic carbocycles. The zero-order chi connectivity index (χ0) is 16.6. The maximum absolute atomic E-state index is 12.7. The number of rotatable bonds is 2. The van der Waals surface area contributed by atoms with Gasteiger partial charge < -0.3 is 10.2 Å². The van der Waals surface area contributed by atoms with E-state index in [0.717, 1.165) is 22.2 Å². The minimum atomic E-state index is -0.0983. The number of fused-ring (bicyclic) bond motifs is 1. The second kappa shape index (κ2) is 5.99. The standard InChI is InChI=1S/C18H21N3O2/c1-11-4-6-16-14(8-11)15(9-12(2)19-16)18(23)20-13-5-7-17(22)21(3)10-13/h4,6,8-9,13H,5,7,10H2,1-3H3,(H,20,23)/t13-/m0/s1. The molecule has 1 aromatic heterocycles. The molecule has 120 valence electrons. The Morgan fingerprint density at radius 2 is 2.09 bits per heavy atom. The average Bonchev–Trinajstić information content (AvgIpc) is 2.50. The normalized spacial score (nSPS) is 18.3. The molecular formula is C18H21N3O2. The predicted octanol–water partition coefficient (Wildman–Crippen LogP) is 2.20. The number of carbonyl (C=O) groups is 2. The molecule has 5 nitrogen and oxygen atoms in total. The van der Waals surface area contributed by atoms with Crippen molar-refractivity contribution in [1.29, 1.82) is 0 Å². The van der Waals surface area contributed by atoms with Gasteiger partial charge in [-0.05, 0) is 38.5 Å². The highest BCUT2D eigenvalue weighted by molar-refractivity contribution is 6.06. The summed E-state index contributed by atoms with van der Waals surface area (Å²) in [7, 11) is 1.77. The van der Waals surface area contributed by atoms with Crippen LogP contribution >= 0.6 is 0 Å². The van der Waals surface area contributed by atoms with E-state index in [1.54, 1.807) is 11.9 Å². The largest absolute Gasteiger partial charge is 0.347 e. The number of likely N-dealkylation sites (N-methyl/N-ethyl adjacent to an activating group) is 1. The molecule has 0 radical (unpaired) electrons. The molecular weight excluding hydrogens is 290 g/mol. The van der Waals surface area contributed by atoms with E-state index in [4.69, 9.17) is 0 Å². The van der Waals surface area contributed by atoms with Crippen LogP contribution < -0.4 is 5.32 Å². The number of aryl methyl sites for hydroxylation is 2. The lowest BCUT2D eigenvalue weighted by Crippen LogP contribution is -2.48. The lowest BCUT2D eigenvalue weighted by atomic mass is 10.0. The third kappa shape index (κ3) is 3.18. The Kier molecular flexibility index (Phi) is 4.03. The molecule has 0 saturated carbocycles. The third-order valence-corrected chi connectivity index (χ3v) is 4.30. The molecule has 0 aliphatic carbocycles. The summed E-state index contributed by atoms with van der Waals surface area (Å²) in [4.78, 5) is 30.5. The first kappa shape index (κ1) is 15.5. The van der Waals surface area contributed by atoms with E-state index in [2.05, 4.69) is 10.3 Å². The first-order chi connectivity index (χ1) is 10.9. The summed E-state index contributed by atoms with van der Waals surface area (Å²) in [6, 6.07) is 7.76. The van der Waals surface area contributed by atoms with Crippen molar-refractivity contribution >= 4 is 22.7 Å². The van der Waals surface area contributed by atoms with E-state index in [1.165, 1.54) is 0 Å². The molecule has 2 amide bonds. The Hall–Kier alpha value is -2.43. The highest BCUT2D eigenvalue weighted by atomic mass is 16.2. The molecule has 23 heavy (non-hydrogen) atoms. The van der Waals surface area contributed by atoms with E-state index in [9.17, 15) is 9.59 Å². The van der Waals surface area contributed by atoms with Crippen LogP contribution in [0.15, 0.2) is 24.3 Å². The summed E-state index contributed by atoms with van der Waals surface area (Å²) >= 11 is 0.